The average molecular weight is 287 g/mol. The van der Waals surface area contributed by atoms with Crippen LogP contribution < -0.4 is 10.1 Å². The fourth-order valence-corrected chi connectivity index (χ4v) is 1.57. The number of carboxylic acids is 1. The molecule has 2 amide bonds. The highest BCUT2D eigenvalue weighted by Crippen LogP contribution is 2.30. The molecule has 0 radical (unpaired) electrons. The quantitative estimate of drug-likeness (QED) is 0.889. The molecule has 7 heteroatoms. The van der Waals surface area contributed by atoms with Gasteiger partial charge in [-0.1, -0.05) is 11.6 Å². The van der Waals surface area contributed by atoms with E-state index in [0.717, 1.165) is 10.5 Å². The number of methoxy groups -OCH3 is 1. The van der Waals surface area contributed by atoms with Gasteiger partial charge in [-0.25, -0.2) is 4.79 Å². The molecule has 104 valence electrons. The van der Waals surface area contributed by atoms with Gasteiger partial charge in [0.05, 0.1) is 12.8 Å². The van der Waals surface area contributed by atoms with Crippen LogP contribution in [0.5, 0.6) is 5.75 Å². The highest BCUT2D eigenvalue weighted by molar-refractivity contribution is 6.31. The first-order chi connectivity index (χ1) is 8.85. The highest BCUT2D eigenvalue weighted by Gasteiger charge is 2.15. The van der Waals surface area contributed by atoms with Gasteiger partial charge in [0.1, 0.15) is 12.3 Å². The summed E-state index contributed by atoms with van der Waals surface area (Å²) in [5, 5.41) is 11.7. The number of aliphatic carboxylic acids is 1. The molecule has 0 aliphatic heterocycles. The van der Waals surface area contributed by atoms with E-state index >= 15 is 0 Å². The van der Waals surface area contributed by atoms with Crippen LogP contribution >= 0.6 is 11.6 Å². The number of nitrogens with one attached hydrogen (secondary N) is 1. The van der Waals surface area contributed by atoms with Gasteiger partial charge in [0.2, 0.25) is 0 Å². The summed E-state index contributed by atoms with van der Waals surface area (Å²) >= 11 is 5.95. The van der Waals surface area contributed by atoms with E-state index in [4.69, 9.17) is 21.4 Å². The highest BCUT2D eigenvalue weighted by atomic mass is 35.5. The van der Waals surface area contributed by atoms with Gasteiger partial charge in [-0.2, -0.15) is 0 Å². The number of likely N-dealkylation sites (N-methyl/N-ethyl adjacent to an activating group) is 1. The molecule has 1 aromatic rings. The van der Waals surface area contributed by atoms with Gasteiger partial charge in [-0.3, -0.25) is 4.79 Å². The molecule has 0 aromatic heterocycles. The zero-order valence-electron chi connectivity index (χ0n) is 10.9. The van der Waals surface area contributed by atoms with Crippen molar-refractivity contribution in [2.75, 3.05) is 26.0 Å². The van der Waals surface area contributed by atoms with E-state index in [9.17, 15) is 9.59 Å². The standard InChI is InChI=1S/C12H15ClN2O4/c1-7-4-9(10(19-3)5-8(7)13)14-12(18)15(2)6-11(16)17/h4-5H,6H2,1-3H3,(H,14,18)(H,16,17). The largest absolute Gasteiger partial charge is 0.495 e. The molecule has 0 saturated heterocycles. The monoisotopic (exact) mass is 286 g/mol. The van der Waals surface area contributed by atoms with Gasteiger partial charge in [-0.05, 0) is 18.6 Å². The molecular weight excluding hydrogens is 272 g/mol. The van der Waals surface area contributed by atoms with Crippen LogP contribution in [-0.4, -0.2) is 42.7 Å². The predicted molar refractivity (Wildman–Crippen MR) is 72.0 cm³/mol. The van der Waals surface area contributed by atoms with Crippen molar-refractivity contribution in [1.29, 1.82) is 0 Å². The maximum atomic E-state index is 11.8. The van der Waals surface area contributed by atoms with Crippen molar-refractivity contribution in [3.63, 3.8) is 0 Å². The van der Waals surface area contributed by atoms with E-state index in [-0.39, 0.29) is 6.54 Å². The van der Waals surface area contributed by atoms with Crippen molar-refractivity contribution in [2.24, 2.45) is 0 Å². The van der Waals surface area contributed by atoms with Crippen molar-refractivity contribution >= 4 is 29.3 Å². The summed E-state index contributed by atoms with van der Waals surface area (Å²) in [6, 6.07) is 2.71. The Bertz CT molecular complexity index is 505. The van der Waals surface area contributed by atoms with E-state index in [0.29, 0.717) is 16.5 Å². The minimum absolute atomic E-state index is 0.388. The Hall–Kier alpha value is -1.95. The number of amides is 2. The third-order valence-corrected chi connectivity index (χ3v) is 2.85. The van der Waals surface area contributed by atoms with E-state index in [1.165, 1.54) is 14.2 Å². The van der Waals surface area contributed by atoms with Crippen LogP contribution in [0.3, 0.4) is 0 Å². The number of carboxylic acid groups (broad SMARTS) is 1. The van der Waals surface area contributed by atoms with Gasteiger partial charge >= 0.3 is 12.0 Å². The lowest BCUT2D eigenvalue weighted by Gasteiger charge is -2.17. The fraction of sp³-hybridized carbons (Fsp3) is 0.333. The fourth-order valence-electron chi connectivity index (χ4n) is 1.42. The Kier molecular flexibility index (Phi) is 5.00. The van der Waals surface area contributed by atoms with Crippen molar-refractivity contribution in [1.82, 2.24) is 4.90 Å². The van der Waals surface area contributed by atoms with Crippen LogP contribution in [0.4, 0.5) is 10.5 Å². The van der Waals surface area contributed by atoms with Crippen LogP contribution in [0.2, 0.25) is 5.02 Å². The molecule has 0 spiro atoms. The predicted octanol–water partition coefficient (Wildman–Crippen LogP) is 2.21. The van der Waals surface area contributed by atoms with Crippen molar-refractivity contribution in [2.45, 2.75) is 6.92 Å². The molecule has 0 unspecified atom stereocenters. The molecule has 6 nitrogen and oxygen atoms in total. The Morgan fingerprint density at radius 1 is 1.47 bits per heavy atom. The van der Waals surface area contributed by atoms with Crippen LogP contribution in [-0.2, 0) is 4.79 Å². The molecule has 1 aromatic carbocycles. The van der Waals surface area contributed by atoms with Gasteiger partial charge in [-0.15, -0.1) is 0 Å². The Labute approximate surface area is 115 Å². The maximum absolute atomic E-state index is 11.8. The molecule has 19 heavy (non-hydrogen) atoms. The number of urea groups is 1. The number of hydrogen-bond acceptors (Lipinski definition) is 3. The topological polar surface area (TPSA) is 78.9 Å². The smallest absolute Gasteiger partial charge is 0.323 e. The van der Waals surface area contributed by atoms with Gasteiger partial charge in [0.25, 0.3) is 0 Å². The molecule has 0 atom stereocenters. The normalized spacial score (nSPS) is 9.89. The lowest BCUT2D eigenvalue weighted by molar-refractivity contribution is -0.137. The summed E-state index contributed by atoms with van der Waals surface area (Å²) in [7, 11) is 2.84. The number of carbonyl (C=O) groups excluding carboxylic acids is 1. The summed E-state index contributed by atoms with van der Waals surface area (Å²) in [6.07, 6.45) is 0. The number of benzene rings is 1. The molecule has 2 N–H and O–H groups in total. The minimum atomic E-state index is -1.09. The van der Waals surface area contributed by atoms with Crippen molar-refractivity contribution < 1.29 is 19.4 Å². The third kappa shape index (κ3) is 4.03. The Morgan fingerprint density at radius 3 is 2.63 bits per heavy atom. The van der Waals surface area contributed by atoms with Gasteiger partial charge in [0.15, 0.2) is 0 Å². The van der Waals surface area contributed by atoms with Crippen LogP contribution in [0.1, 0.15) is 5.56 Å². The number of ether oxygens (including phenoxy) is 1. The zero-order chi connectivity index (χ0) is 14.6. The second-order valence-corrected chi connectivity index (χ2v) is 4.39. The summed E-state index contributed by atoms with van der Waals surface area (Å²) < 4.78 is 5.11. The minimum Gasteiger partial charge on any atom is -0.495 e. The molecule has 0 bridgehead atoms. The van der Waals surface area contributed by atoms with Crippen LogP contribution in [0, 0.1) is 6.92 Å². The molecule has 0 aliphatic carbocycles. The number of halogens is 1. The van der Waals surface area contributed by atoms with E-state index in [2.05, 4.69) is 5.32 Å². The SMILES string of the molecule is COc1cc(Cl)c(C)cc1NC(=O)N(C)CC(=O)O. The number of hydrogen-bond donors (Lipinski definition) is 2. The van der Waals surface area contributed by atoms with Crippen molar-refractivity contribution in [3.8, 4) is 5.75 Å². The molecule has 0 heterocycles. The van der Waals surface area contributed by atoms with Crippen molar-refractivity contribution in [3.05, 3.63) is 22.7 Å². The molecular formula is C12H15ClN2O4. The lowest BCUT2D eigenvalue weighted by Crippen LogP contribution is -2.35. The van der Waals surface area contributed by atoms with Crippen LogP contribution in [0.15, 0.2) is 12.1 Å². The molecule has 1 rings (SSSR count). The zero-order valence-corrected chi connectivity index (χ0v) is 11.6. The van der Waals surface area contributed by atoms with Gasteiger partial charge in [0, 0.05) is 18.1 Å². The van der Waals surface area contributed by atoms with E-state index in [1.807, 2.05) is 0 Å². The summed E-state index contributed by atoms with van der Waals surface area (Å²) in [4.78, 5) is 23.3. The Balaban J connectivity index is 2.90. The third-order valence-electron chi connectivity index (χ3n) is 2.44. The summed E-state index contributed by atoms with van der Waals surface area (Å²) in [5.74, 6) is -0.676. The van der Waals surface area contributed by atoms with Crippen LogP contribution in [0.25, 0.3) is 0 Å². The van der Waals surface area contributed by atoms with E-state index < -0.39 is 12.0 Å². The first-order valence-corrected chi connectivity index (χ1v) is 5.81. The Morgan fingerprint density at radius 2 is 2.11 bits per heavy atom. The number of carbonyl (C=O) groups is 2. The molecule has 0 saturated carbocycles. The number of rotatable bonds is 4. The maximum Gasteiger partial charge on any atom is 0.323 e. The first kappa shape index (κ1) is 15.1. The number of nitrogens with zero attached hydrogens (tertiary/aromatic N) is 1. The molecule has 0 aliphatic rings. The summed E-state index contributed by atoms with van der Waals surface area (Å²) in [5.41, 5.74) is 1.21. The second-order valence-electron chi connectivity index (χ2n) is 3.98. The first-order valence-electron chi connectivity index (χ1n) is 5.43. The van der Waals surface area contributed by atoms with E-state index in [1.54, 1.807) is 19.1 Å². The summed E-state index contributed by atoms with van der Waals surface area (Å²) in [6.45, 7) is 1.40. The average Bonchev–Trinajstić information content (AvgIpc) is 2.32. The lowest BCUT2D eigenvalue weighted by atomic mass is 10.2. The molecule has 0 fully saturated rings. The second kappa shape index (κ2) is 6.29. The number of anilines is 1. The van der Waals surface area contributed by atoms with Gasteiger partial charge < -0.3 is 20.1 Å². The number of aryl methyl sites for hydroxylation is 1.